The Balaban J connectivity index is 2.89. The fourth-order valence-electron chi connectivity index (χ4n) is 1.57. The average molecular weight is 182 g/mol. The van der Waals surface area contributed by atoms with Gasteiger partial charge in [0.05, 0.1) is 18.0 Å². The molecular weight excluding hydrogens is 164 g/mol. The number of rotatable bonds is 4. The molecule has 1 N–H and O–H groups in total. The lowest BCUT2D eigenvalue weighted by Crippen LogP contribution is -2.05. The summed E-state index contributed by atoms with van der Waals surface area (Å²) in [5.41, 5.74) is 1.92. The molecular formula is C10H18N2O. The number of aromatic nitrogens is 2. The summed E-state index contributed by atoms with van der Waals surface area (Å²) in [6, 6.07) is 0. The maximum atomic E-state index is 9.15. The number of hydrogen-bond donors (Lipinski definition) is 1. The number of unbranched alkanes of at least 4 members (excludes halogenated alkanes) is 1. The quantitative estimate of drug-likeness (QED) is 0.771. The van der Waals surface area contributed by atoms with Gasteiger partial charge in [-0.2, -0.15) is 0 Å². The molecule has 0 spiro atoms. The van der Waals surface area contributed by atoms with E-state index in [1.165, 1.54) is 6.42 Å². The molecule has 0 bridgehead atoms. The molecule has 0 aromatic carbocycles. The lowest BCUT2D eigenvalue weighted by molar-refractivity contribution is 0.269. The zero-order valence-electron chi connectivity index (χ0n) is 8.67. The summed E-state index contributed by atoms with van der Waals surface area (Å²) in [5.74, 6) is 1.01. The smallest absolute Gasteiger partial charge is 0.106 e. The minimum absolute atomic E-state index is 0.0936. The van der Waals surface area contributed by atoms with Gasteiger partial charge in [-0.1, -0.05) is 13.3 Å². The highest BCUT2D eigenvalue weighted by Crippen LogP contribution is 2.11. The molecule has 1 aromatic heterocycles. The first-order valence-corrected chi connectivity index (χ1v) is 4.84. The Labute approximate surface area is 79.4 Å². The Morgan fingerprint density at radius 2 is 2.08 bits per heavy atom. The molecule has 3 nitrogen and oxygen atoms in total. The maximum absolute atomic E-state index is 9.15. The predicted molar refractivity (Wildman–Crippen MR) is 52.5 cm³/mol. The molecule has 0 fully saturated rings. The van der Waals surface area contributed by atoms with Gasteiger partial charge in [0.2, 0.25) is 0 Å². The Bertz CT molecular complexity index is 279. The van der Waals surface area contributed by atoms with Gasteiger partial charge in [0.15, 0.2) is 0 Å². The molecule has 0 aliphatic heterocycles. The molecule has 74 valence electrons. The zero-order valence-corrected chi connectivity index (χ0v) is 8.67. The number of aliphatic hydroxyl groups excluding tert-OH is 1. The van der Waals surface area contributed by atoms with Crippen molar-refractivity contribution in [3.8, 4) is 0 Å². The van der Waals surface area contributed by atoms with E-state index in [1.807, 2.05) is 13.8 Å². The number of nitrogens with zero attached hydrogens (tertiary/aromatic N) is 2. The summed E-state index contributed by atoms with van der Waals surface area (Å²) in [7, 11) is 0. The fourth-order valence-corrected chi connectivity index (χ4v) is 1.57. The van der Waals surface area contributed by atoms with Gasteiger partial charge >= 0.3 is 0 Å². The average Bonchev–Trinajstić information content (AvgIpc) is 2.37. The lowest BCUT2D eigenvalue weighted by atomic mass is 10.3. The second-order valence-corrected chi connectivity index (χ2v) is 3.35. The second kappa shape index (κ2) is 4.42. The highest BCUT2D eigenvalue weighted by Gasteiger charge is 2.09. The Kier molecular flexibility index (Phi) is 3.48. The molecule has 0 saturated heterocycles. The molecule has 1 rings (SSSR count). The summed E-state index contributed by atoms with van der Waals surface area (Å²) in [4.78, 5) is 4.34. The van der Waals surface area contributed by atoms with E-state index >= 15 is 0 Å². The van der Waals surface area contributed by atoms with Crippen LogP contribution in [0.15, 0.2) is 0 Å². The molecule has 0 aliphatic rings. The monoisotopic (exact) mass is 182 g/mol. The Hall–Kier alpha value is -0.830. The first-order chi connectivity index (χ1) is 6.20. The van der Waals surface area contributed by atoms with Crippen LogP contribution in [0.2, 0.25) is 0 Å². The molecule has 13 heavy (non-hydrogen) atoms. The molecule has 1 heterocycles. The molecule has 0 amide bonds. The highest BCUT2D eigenvalue weighted by molar-refractivity contribution is 5.14. The van der Waals surface area contributed by atoms with E-state index in [4.69, 9.17) is 5.11 Å². The van der Waals surface area contributed by atoms with Crippen LogP contribution in [0.5, 0.6) is 0 Å². The minimum atomic E-state index is 0.0936. The van der Waals surface area contributed by atoms with E-state index in [2.05, 4.69) is 16.5 Å². The van der Waals surface area contributed by atoms with Crippen molar-refractivity contribution in [2.24, 2.45) is 0 Å². The van der Waals surface area contributed by atoms with Crippen LogP contribution >= 0.6 is 0 Å². The lowest BCUT2D eigenvalue weighted by Gasteiger charge is -2.07. The van der Waals surface area contributed by atoms with Crippen LogP contribution in [0.1, 0.15) is 37.0 Å². The zero-order chi connectivity index (χ0) is 9.84. The SMILES string of the molecule is CCCCn1c(C)nc(C)c1CO. The molecule has 0 unspecified atom stereocenters. The molecule has 0 saturated carbocycles. The number of aliphatic hydroxyl groups is 1. The van der Waals surface area contributed by atoms with Crippen molar-refractivity contribution in [2.45, 2.75) is 46.8 Å². The summed E-state index contributed by atoms with van der Waals surface area (Å²) in [5, 5.41) is 9.15. The minimum Gasteiger partial charge on any atom is -0.390 e. The van der Waals surface area contributed by atoms with Crippen LogP contribution in [0.25, 0.3) is 0 Å². The van der Waals surface area contributed by atoms with Gasteiger partial charge in [0.25, 0.3) is 0 Å². The van der Waals surface area contributed by atoms with Crippen LogP contribution in [-0.2, 0) is 13.2 Å². The van der Waals surface area contributed by atoms with Crippen LogP contribution < -0.4 is 0 Å². The van der Waals surface area contributed by atoms with Gasteiger partial charge < -0.3 is 9.67 Å². The second-order valence-electron chi connectivity index (χ2n) is 3.35. The van der Waals surface area contributed by atoms with E-state index in [1.54, 1.807) is 0 Å². The maximum Gasteiger partial charge on any atom is 0.106 e. The van der Waals surface area contributed by atoms with Crippen molar-refractivity contribution >= 4 is 0 Å². The highest BCUT2D eigenvalue weighted by atomic mass is 16.3. The third-order valence-electron chi connectivity index (χ3n) is 2.35. The molecule has 3 heteroatoms. The van der Waals surface area contributed by atoms with Gasteiger partial charge in [-0.25, -0.2) is 4.98 Å². The largest absolute Gasteiger partial charge is 0.390 e. The molecule has 0 atom stereocenters. The predicted octanol–water partition coefficient (Wildman–Crippen LogP) is 1.79. The Morgan fingerprint density at radius 1 is 1.38 bits per heavy atom. The van der Waals surface area contributed by atoms with Crippen molar-refractivity contribution in [3.63, 3.8) is 0 Å². The normalized spacial score (nSPS) is 10.8. The fraction of sp³-hybridized carbons (Fsp3) is 0.700. The van der Waals surface area contributed by atoms with Crippen LogP contribution in [0, 0.1) is 13.8 Å². The van der Waals surface area contributed by atoms with Crippen molar-refractivity contribution in [3.05, 3.63) is 17.2 Å². The van der Waals surface area contributed by atoms with Crippen LogP contribution in [0.4, 0.5) is 0 Å². The summed E-state index contributed by atoms with van der Waals surface area (Å²) >= 11 is 0. The van der Waals surface area contributed by atoms with Crippen molar-refractivity contribution in [1.82, 2.24) is 9.55 Å². The van der Waals surface area contributed by atoms with Gasteiger partial charge in [0.1, 0.15) is 5.82 Å². The third kappa shape index (κ3) is 2.10. The molecule has 0 radical (unpaired) electrons. The summed E-state index contributed by atoms with van der Waals surface area (Å²) < 4.78 is 2.11. The standard InChI is InChI=1S/C10H18N2O/c1-4-5-6-12-9(3)11-8(2)10(12)7-13/h13H,4-7H2,1-3H3. The summed E-state index contributed by atoms with van der Waals surface area (Å²) in [6.07, 6.45) is 2.31. The number of hydrogen-bond acceptors (Lipinski definition) is 2. The van der Waals surface area contributed by atoms with Crippen molar-refractivity contribution in [2.75, 3.05) is 0 Å². The Morgan fingerprint density at radius 3 is 2.62 bits per heavy atom. The van der Waals surface area contributed by atoms with Crippen LogP contribution in [-0.4, -0.2) is 14.7 Å². The molecule has 1 aromatic rings. The van der Waals surface area contributed by atoms with Gasteiger partial charge in [-0.3, -0.25) is 0 Å². The van der Waals surface area contributed by atoms with Crippen molar-refractivity contribution in [1.29, 1.82) is 0 Å². The van der Waals surface area contributed by atoms with Crippen molar-refractivity contribution < 1.29 is 5.11 Å². The first-order valence-electron chi connectivity index (χ1n) is 4.84. The number of aryl methyl sites for hydroxylation is 2. The first kappa shape index (κ1) is 10.3. The molecule has 0 aliphatic carbocycles. The van der Waals surface area contributed by atoms with E-state index in [0.29, 0.717) is 0 Å². The van der Waals surface area contributed by atoms with Gasteiger partial charge in [0, 0.05) is 6.54 Å². The van der Waals surface area contributed by atoms with E-state index in [0.717, 1.165) is 30.2 Å². The summed E-state index contributed by atoms with van der Waals surface area (Å²) in [6.45, 7) is 7.16. The van der Waals surface area contributed by atoms with E-state index in [9.17, 15) is 0 Å². The van der Waals surface area contributed by atoms with E-state index in [-0.39, 0.29) is 6.61 Å². The third-order valence-corrected chi connectivity index (χ3v) is 2.35. The topological polar surface area (TPSA) is 38.0 Å². The van der Waals surface area contributed by atoms with E-state index < -0.39 is 0 Å². The van der Waals surface area contributed by atoms with Gasteiger partial charge in [-0.15, -0.1) is 0 Å². The van der Waals surface area contributed by atoms with Crippen LogP contribution in [0.3, 0.4) is 0 Å². The van der Waals surface area contributed by atoms with Gasteiger partial charge in [-0.05, 0) is 20.3 Å². The number of imidazole rings is 1.